The second-order valence-corrected chi connectivity index (χ2v) is 8.85. The van der Waals surface area contributed by atoms with Gasteiger partial charge in [-0.3, -0.25) is 4.79 Å². The molecule has 3 heterocycles. The molecule has 2 aromatic rings. The van der Waals surface area contributed by atoms with Crippen LogP contribution in [0.15, 0.2) is 11.4 Å². The zero-order chi connectivity index (χ0) is 23.1. The quantitative estimate of drug-likeness (QED) is 0.696. The van der Waals surface area contributed by atoms with Gasteiger partial charge in [-0.2, -0.15) is 13.2 Å². The van der Waals surface area contributed by atoms with Gasteiger partial charge in [0.2, 0.25) is 5.88 Å². The number of nitrogens with zero attached hydrogens (tertiary/aromatic N) is 2. The Balaban J connectivity index is 1.91. The largest absolute Gasteiger partial charge is 0.469 e. The molecule has 2 aromatic heterocycles. The van der Waals surface area contributed by atoms with E-state index in [1.54, 1.807) is 20.8 Å². The van der Waals surface area contributed by atoms with Crippen LogP contribution in [0.3, 0.4) is 0 Å². The molecule has 1 fully saturated rings. The zero-order valence-electron chi connectivity index (χ0n) is 17.2. The Kier molecular flexibility index (Phi) is 6.05. The van der Waals surface area contributed by atoms with Gasteiger partial charge in [-0.25, -0.2) is 14.2 Å². The number of alkyl halides is 4. The molecule has 7 nitrogen and oxygen atoms in total. The minimum Gasteiger partial charge on any atom is -0.469 e. The van der Waals surface area contributed by atoms with E-state index >= 15 is 0 Å². The SMILES string of the molecule is CNC(=O)c1csc2c(C(F)(F)F)cc(O[C@@H]3CN(C(=O)OC(C)(C)C)C[C@@H]3F)nc12. The number of halogens is 4. The molecule has 0 aromatic carbocycles. The van der Waals surface area contributed by atoms with Gasteiger partial charge in [0.15, 0.2) is 12.3 Å². The second kappa shape index (κ2) is 8.13. The lowest BCUT2D eigenvalue weighted by Crippen LogP contribution is -2.36. The highest BCUT2D eigenvalue weighted by Crippen LogP contribution is 2.40. The summed E-state index contributed by atoms with van der Waals surface area (Å²) in [6, 6.07) is 0.676. The zero-order valence-corrected chi connectivity index (χ0v) is 18.0. The van der Waals surface area contributed by atoms with Gasteiger partial charge in [-0.1, -0.05) is 0 Å². The first-order valence-corrected chi connectivity index (χ1v) is 10.2. The third-order valence-corrected chi connectivity index (χ3v) is 5.40. The van der Waals surface area contributed by atoms with Crippen molar-refractivity contribution < 1.29 is 36.6 Å². The first-order chi connectivity index (χ1) is 14.3. The minimum atomic E-state index is -4.74. The molecular weight excluding hydrogens is 442 g/mol. The molecule has 0 unspecified atom stereocenters. The molecule has 0 saturated carbocycles. The van der Waals surface area contributed by atoms with Gasteiger partial charge in [0, 0.05) is 18.5 Å². The number of hydrogen-bond donors (Lipinski definition) is 1. The minimum absolute atomic E-state index is 0.0444. The van der Waals surface area contributed by atoms with Gasteiger partial charge in [0.25, 0.3) is 5.91 Å². The summed E-state index contributed by atoms with van der Waals surface area (Å²) < 4.78 is 65.6. The first kappa shape index (κ1) is 23.0. The Morgan fingerprint density at radius 1 is 1.26 bits per heavy atom. The number of pyridine rings is 1. The molecule has 1 saturated heterocycles. The molecule has 1 aliphatic heterocycles. The number of thiophene rings is 1. The molecule has 31 heavy (non-hydrogen) atoms. The number of amides is 2. The van der Waals surface area contributed by atoms with Gasteiger partial charge in [-0.15, -0.1) is 11.3 Å². The van der Waals surface area contributed by atoms with E-state index in [2.05, 4.69) is 10.3 Å². The number of ether oxygens (including phenoxy) is 2. The van der Waals surface area contributed by atoms with E-state index in [-0.39, 0.29) is 28.9 Å². The van der Waals surface area contributed by atoms with Gasteiger partial charge in [0.1, 0.15) is 5.60 Å². The van der Waals surface area contributed by atoms with Crippen molar-refractivity contribution in [2.24, 2.45) is 0 Å². The van der Waals surface area contributed by atoms with Crippen LogP contribution in [0.5, 0.6) is 5.88 Å². The Morgan fingerprint density at radius 2 is 1.94 bits per heavy atom. The standard InChI is InChI=1S/C19H21F4N3O4S/c1-18(2,3)30-17(28)26-6-11(20)12(7-26)29-13-5-10(19(21,22)23)15-14(25-13)9(8-31-15)16(27)24-4/h5,8,11-12H,6-7H2,1-4H3,(H,24,27)/t11-,12+/m0/s1. The molecule has 0 bridgehead atoms. The number of likely N-dealkylation sites (tertiary alicyclic amines) is 1. The molecular formula is C19H21F4N3O4S. The molecule has 1 N–H and O–H groups in total. The maximum absolute atomic E-state index is 14.5. The maximum Gasteiger partial charge on any atom is 0.418 e. The van der Waals surface area contributed by atoms with E-state index in [9.17, 15) is 27.2 Å². The fourth-order valence-electron chi connectivity index (χ4n) is 3.03. The molecule has 2 amide bonds. The summed E-state index contributed by atoms with van der Waals surface area (Å²) in [7, 11) is 1.34. The molecule has 3 rings (SSSR count). The van der Waals surface area contributed by atoms with E-state index in [1.807, 2.05) is 0 Å². The van der Waals surface area contributed by atoms with Crippen LogP contribution in [0, 0.1) is 0 Å². The van der Waals surface area contributed by atoms with Crippen LogP contribution in [0.1, 0.15) is 36.7 Å². The molecule has 2 atom stereocenters. The summed E-state index contributed by atoms with van der Waals surface area (Å²) in [6.07, 6.45) is -8.38. The Morgan fingerprint density at radius 3 is 2.52 bits per heavy atom. The van der Waals surface area contributed by atoms with Crippen molar-refractivity contribution in [3.05, 3.63) is 22.6 Å². The van der Waals surface area contributed by atoms with E-state index in [0.717, 1.165) is 16.2 Å². The van der Waals surface area contributed by atoms with Crippen LogP contribution in [0.4, 0.5) is 22.4 Å². The second-order valence-electron chi connectivity index (χ2n) is 7.97. The number of carbonyl (C=O) groups is 2. The number of nitrogens with one attached hydrogen (secondary N) is 1. The van der Waals surface area contributed by atoms with Crippen LogP contribution in [0.25, 0.3) is 10.2 Å². The number of carbonyl (C=O) groups excluding carboxylic acids is 2. The van der Waals surface area contributed by atoms with Crippen molar-refractivity contribution in [1.29, 1.82) is 0 Å². The van der Waals surface area contributed by atoms with Crippen LogP contribution in [-0.4, -0.2) is 59.9 Å². The number of rotatable bonds is 3. The van der Waals surface area contributed by atoms with Crippen molar-refractivity contribution in [3.8, 4) is 5.88 Å². The van der Waals surface area contributed by atoms with E-state index in [4.69, 9.17) is 9.47 Å². The summed E-state index contributed by atoms with van der Waals surface area (Å²) in [5, 5.41) is 3.61. The fraction of sp³-hybridized carbons (Fsp3) is 0.526. The Bertz CT molecular complexity index is 1000. The third-order valence-electron chi connectivity index (χ3n) is 4.40. The lowest BCUT2D eigenvalue weighted by atomic mass is 10.2. The van der Waals surface area contributed by atoms with Gasteiger partial charge in [0.05, 0.1) is 34.4 Å². The molecule has 0 spiro atoms. The monoisotopic (exact) mass is 463 g/mol. The smallest absolute Gasteiger partial charge is 0.418 e. The molecule has 0 radical (unpaired) electrons. The number of fused-ring (bicyclic) bond motifs is 1. The van der Waals surface area contributed by atoms with Gasteiger partial charge < -0.3 is 19.7 Å². The topological polar surface area (TPSA) is 80.8 Å². The highest BCUT2D eigenvalue weighted by atomic mass is 32.1. The number of hydrogen-bond acceptors (Lipinski definition) is 6. The lowest BCUT2D eigenvalue weighted by molar-refractivity contribution is -0.136. The van der Waals surface area contributed by atoms with Crippen molar-refractivity contribution in [2.45, 2.75) is 44.8 Å². The van der Waals surface area contributed by atoms with E-state index < -0.39 is 47.5 Å². The van der Waals surface area contributed by atoms with Gasteiger partial charge >= 0.3 is 12.3 Å². The van der Waals surface area contributed by atoms with Crippen molar-refractivity contribution in [2.75, 3.05) is 20.1 Å². The fourth-order valence-corrected chi connectivity index (χ4v) is 4.05. The normalized spacial score (nSPS) is 19.5. The van der Waals surface area contributed by atoms with Crippen LogP contribution in [0.2, 0.25) is 0 Å². The van der Waals surface area contributed by atoms with Crippen LogP contribution in [-0.2, 0) is 10.9 Å². The maximum atomic E-state index is 14.5. The predicted octanol–water partition coefficient (Wildman–Crippen LogP) is 4.01. The molecule has 0 aliphatic carbocycles. The summed E-state index contributed by atoms with van der Waals surface area (Å²) in [5.41, 5.74) is -2.06. The van der Waals surface area contributed by atoms with Crippen molar-refractivity contribution in [3.63, 3.8) is 0 Å². The first-order valence-electron chi connectivity index (χ1n) is 9.30. The van der Waals surface area contributed by atoms with Crippen LogP contribution >= 0.6 is 11.3 Å². The van der Waals surface area contributed by atoms with Crippen LogP contribution < -0.4 is 10.1 Å². The highest BCUT2D eigenvalue weighted by Gasteiger charge is 2.40. The summed E-state index contributed by atoms with van der Waals surface area (Å²) in [6.45, 7) is 4.43. The Labute approximate surface area is 179 Å². The summed E-state index contributed by atoms with van der Waals surface area (Å²) in [5.74, 6) is -1.09. The highest BCUT2D eigenvalue weighted by molar-refractivity contribution is 7.17. The predicted molar refractivity (Wildman–Crippen MR) is 105 cm³/mol. The number of aromatic nitrogens is 1. The Hall–Kier alpha value is -2.63. The van der Waals surface area contributed by atoms with Crippen molar-refractivity contribution in [1.82, 2.24) is 15.2 Å². The molecule has 12 heteroatoms. The van der Waals surface area contributed by atoms with E-state index in [1.165, 1.54) is 12.4 Å². The van der Waals surface area contributed by atoms with Gasteiger partial charge in [-0.05, 0) is 20.8 Å². The van der Waals surface area contributed by atoms with E-state index in [0.29, 0.717) is 6.07 Å². The average molecular weight is 463 g/mol. The van der Waals surface area contributed by atoms with Crippen molar-refractivity contribution >= 4 is 33.6 Å². The summed E-state index contributed by atoms with van der Waals surface area (Å²) >= 11 is 0.730. The average Bonchev–Trinajstić information content (AvgIpc) is 3.22. The summed E-state index contributed by atoms with van der Waals surface area (Å²) in [4.78, 5) is 29.3. The lowest BCUT2D eigenvalue weighted by Gasteiger charge is -2.24. The molecule has 1 aliphatic rings. The molecule has 170 valence electrons. The third kappa shape index (κ3) is 5.00.